The summed E-state index contributed by atoms with van der Waals surface area (Å²) in [5.41, 5.74) is 1.48. The van der Waals surface area contributed by atoms with Gasteiger partial charge in [0.2, 0.25) is 5.91 Å². The Balaban J connectivity index is 2.20. The highest BCUT2D eigenvalue weighted by Crippen LogP contribution is 2.39. The van der Waals surface area contributed by atoms with E-state index in [1.54, 1.807) is 11.9 Å². The van der Waals surface area contributed by atoms with Gasteiger partial charge >= 0.3 is 0 Å². The molecule has 1 aliphatic carbocycles. The lowest BCUT2D eigenvalue weighted by molar-refractivity contribution is -0.132. The van der Waals surface area contributed by atoms with Gasteiger partial charge in [0.15, 0.2) is 0 Å². The van der Waals surface area contributed by atoms with Crippen LogP contribution in [0, 0.1) is 17.8 Å². The van der Waals surface area contributed by atoms with E-state index >= 15 is 0 Å². The molecule has 0 unspecified atom stereocenters. The fourth-order valence-corrected chi connectivity index (χ4v) is 3.58. The topological polar surface area (TPSA) is 32.7 Å². The largest absolute Gasteiger partial charge is 0.273 e. The average Bonchev–Trinajstić information content (AvgIpc) is 2.64. The van der Waals surface area contributed by atoms with E-state index in [0.717, 1.165) is 12.8 Å². The molecule has 0 aromatic rings. The Kier molecular flexibility index (Phi) is 3.36. The zero-order valence-electron chi connectivity index (χ0n) is 11.2. The Bertz CT molecular complexity index is 372. The molecule has 0 saturated carbocycles. The van der Waals surface area contributed by atoms with Crippen LogP contribution in [-0.4, -0.2) is 23.2 Å². The van der Waals surface area contributed by atoms with Crippen molar-refractivity contribution in [3.8, 4) is 0 Å². The molecule has 0 N–H and O–H groups in total. The van der Waals surface area contributed by atoms with E-state index in [1.165, 1.54) is 5.57 Å². The summed E-state index contributed by atoms with van der Waals surface area (Å²) in [4.78, 5) is 11.6. The highest BCUT2D eigenvalue weighted by Gasteiger charge is 2.39. The number of allylic oxidation sites excluding steroid dienone is 2. The van der Waals surface area contributed by atoms with E-state index < -0.39 is 0 Å². The Hall–Kier alpha value is -1.12. The Morgan fingerprint density at radius 2 is 2.18 bits per heavy atom. The molecule has 4 atom stereocenters. The number of nitrogens with zero attached hydrogens (tertiary/aromatic N) is 2. The van der Waals surface area contributed by atoms with Crippen molar-refractivity contribution in [1.82, 2.24) is 5.01 Å². The van der Waals surface area contributed by atoms with Crippen LogP contribution < -0.4 is 0 Å². The summed E-state index contributed by atoms with van der Waals surface area (Å²) < 4.78 is 0. The number of carbonyl (C=O) groups is 1. The van der Waals surface area contributed by atoms with Crippen molar-refractivity contribution in [2.24, 2.45) is 22.9 Å². The van der Waals surface area contributed by atoms with Crippen LogP contribution >= 0.6 is 0 Å². The Morgan fingerprint density at radius 3 is 2.76 bits per heavy atom. The average molecular weight is 234 g/mol. The van der Waals surface area contributed by atoms with E-state index in [1.807, 2.05) is 6.21 Å². The highest BCUT2D eigenvalue weighted by atomic mass is 16.2. The molecule has 0 bridgehead atoms. The predicted octanol–water partition coefficient (Wildman–Crippen LogP) is 2.83. The SMILES string of the molecule is CC(=O)N1N=CC[C@H]1[C@H]1[C@H](C)C=C(C)C[C@H]1C. The molecule has 0 radical (unpaired) electrons. The van der Waals surface area contributed by atoms with Crippen LogP contribution in [0.2, 0.25) is 0 Å². The lowest BCUT2D eigenvalue weighted by Crippen LogP contribution is -2.43. The van der Waals surface area contributed by atoms with E-state index in [9.17, 15) is 4.79 Å². The van der Waals surface area contributed by atoms with Gasteiger partial charge in [-0.15, -0.1) is 0 Å². The van der Waals surface area contributed by atoms with Gasteiger partial charge in [0, 0.05) is 19.6 Å². The minimum absolute atomic E-state index is 0.0643. The molecule has 17 heavy (non-hydrogen) atoms. The molecule has 2 rings (SSSR count). The normalized spacial score (nSPS) is 37.2. The molecule has 1 heterocycles. The highest BCUT2D eigenvalue weighted by molar-refractivity contribution is 5.77. The summed E-state index contributed by atoms with van der Waals surface area (Å²) in [6, 6.07) is 0.266. The minimum Gasteiger partial charge on any atom is -0.273 e. The van der Waals surface area contributed by atoms with Crippen molar-refractivity contribution in [1.29, 1.82) is 0 Å². The zero-order chi connectivity index (χ0) is 12.6. The van der Waals surface area contributed by atoms with Crippen LogP contribution in [0.5, 0.6) is 0 Å². The number of hydrogen-bond acceptors (Lipinski definition) is 2. The third-order valence-corrected chi connectivity index (χ3v) is 4.09. The van der Waals surface area contributed by atoms with Crippen LogP contribution in [0.25, 0.3) is 0 Å². The molecule has 1 aliphatic heterocycles. The van der Waals surface area contributed by atoms with Crippen molar-refractivity contribution in [3.05, 3.63) is 11.6 Å². The van der Waals surface area contributed by atoms with E-state index in [-0.39, 0.29) is 11.9 Å². The molecule has 0 saturated heterocycles. The van der Waals surface area contributed by atoms with Crippen LogP contribution in [0.15, 0.2) is 16.8 Å². The summed E-state index contributed by atoms with van der Waals surface area (Å²) in [5, 5.41) is 5.90. The second-order valence-corrected chi connectivity index (χ2v) is 5.60. The first-order chi connectivity index (χ1) is 8.00. The summed E-state index contributed by atoms with van der Waals surface area (Å²) >= 11 is 0. The number of amides is 1. The van der Waals surface area contributed by atoms with Gasteiger partial charge in [-0.25, -0.2) is 5.01 Å². The predicted molar refractivity (Wildman–Crippen MR) is 69.6 cm³/mol. The molecule has 3 nitrogen and oxygen atoms in total. The van der Waals surface area contributed by atoms with Crippen molar-refractivity contribution in [2.45, 2.75) is 46.6 Å². The van der Waals surface area contributed by atoms with Crippen LogP contribution in [-0.2, 0) is 4.79 Å². The smallest absolute Gasteiger partial charge is 0.239 e. The summed E-state index contributed by atoms with van der Waals surface area (Å²) in [7, 11) is 0. The van der Waals surface area contributed by atoms with Crippen LogP contribution in [0.1, 0.15) is 40.5 Å². The van der Waals surface area contributed by atoms with Gasteiger partial charge in [-0.3, -0.25) is 4.79 Å². The third kappa shape index (κ3) is 2.28. The zero-order valence-corrected chi connectivity index (χ0v) is 11.2. The maximum absolute atomic E-state index is 11.6. The monoisotopic (exact) mass is 234 g/mol. The van der Waals surface area contributed by atoms with E-state index in [0.29, 0.717) is 17.8 Å². The molecular formula is C14H22N2O. The number of carbonyl (C=O) groups excluding carboxylic acids is 1. The first-order valence-electron chi connectivity index (χ1n) is 6.50. The minimum atomic E-state index is 0.0643. The second kappa shape index (κ2) is 4.63. The fourth-order valence-electron chi connectivity index (χ4n) is 3.58. The molecule has 2 aliphatic rings. The van der Waals surface area contributed by atoms with Crippen molar-refractivity contribution in [2.75, 3.05) is 0 Å². The number of hydrogen-bond donors (Lipinski definition) is 0. The van der Waals surface area contributed by atoms with Crippen molar-refractivity contribution in [3.63, 3.8) is 0 Å². The van der Waals surface area contributed by atoms with Crippen molar-refractivity contribution < 1.29 is 4.79 Å². The fraction of sp³-hybridized carbons (Fsp3) is 0.714. The van der Waals surface area contributed by atoms with Crippen molar-refractivity contribution >= 4 is 12.1 Å². The van der Waals surface area contributed by atoms with Gasteiger partial charge in [0.05, 0.1) is 6.04 Å². The summed E-state index contributed by atoms with van der Waals surface area (Å²) in [6.45, 7) is 8.38. The molecule has 0 aromatic heterocycles. The molecular weight excluding hydrogens is 212 g/mol. The second-order valence-electron chi connectivity index (χ2n) is 5.60. The number of rotatable bonds is 1. The molecule has 94 valence electrons. The third-order valence-electron chi connectivity index (χ3n) is 4.09. The lowest BCUT2D eigenvalue weighted by atomic mass is 9.70. The lowest BCUT2D eigenvalue weighted by Gasteiger charge is -2.39. The van der Waals surface area contributed by atoms with Crippen LogP contribution in [0.3, 0.4) is 0 Å². The van der Waals surface area contributed by atoms with Gasteiger partial charge in [-0.2, -0.15) is 5.10 Å². The first kappa shape index (κ1) is 12.3. The van der Waals surface area contributed by atoms with Gasteiger partial charge in [0.1, 0.15) is 0 Å². The Morgan fingerprint density at radius 1 is 1.47 bits per heavy atom. The molecule has 0 fully saturated rings. The molecule has 0 spiro atoms. The van der Waals surface area contributed by atoms with Gasteiger partial charge < -0.3 is 0 Å². The first-order valence-corrected chi connectivity index (χ1v) is 6.50. The van der Waals surface area contributed by atoms with Crippen LogP contribution in [0.4, 0.5) is 0 Å². The van der Waals surface area contributed by atoms with Gasteiger partial charge in [-0.05, 0) is 31.1 Å². The maximum Gasteiger partial charge on any atom is 0.239 e. The molecule has 0 aromatic carbocycles. The van der Waals surface area contributed by atoms with E-state index in [2.05, 4.69) is 31.9 Å². The van der Waals surface area contributed by atoms with E-state index in [4.69, 9.17) is 0 Å². The molecule has 1 amide bonds. The molecule has 3 heteroatoms. The van der Waals surface area contributed by atoms with Gasteiger partial charge in [-0.1, -0.05) is 25.5 Å². The maximum atomic E-state index is 11.6. The summed E-state index contributed by atoms with van der Waals surface area (Å²) in [5.74, 6) is 1.76. The Labute approximate surface area is 104 Å². The number of hydrazone groups is 1. The standard InChI is InChI=1S/C14H22N2O/c1-9-7-10(2)14(11(3)8-9)13-5-6-15-16(13)12(4)17/h6-7,10-11,13-14H,5,8H2,1-4H3/t10-,11-,13+,14+/m1/s1. The van der Waals surface area contributed by atoms with Gasteiger partial charge in [0.25, 0.3) is 0 Å². The summed E-state index contributed by atoms with van der Waals surface area (Å²) in [6.07, 6.45) is 6.31. The quantitative estimate of drug-likeness (QED) is 0.642.